The van der Waals surface area contributed by atoms with Gasteiger partial charge in [-0.1, -0.05) is 36.4 Å². The maximum atomic E-state index is 11.8. The average Bonchev–Trinajstić information content (AvgIpc) is 3.42. The molecule has 2 aliphatic rings. The minimum atomic E-state index is 0.290. The second-order valence-corrected chi connectivity index (χ2v) is 7.01. The molecule has 3 nitrogen and oxygen atoms in total. The molecule has 1 saturated carbocycles. The van der Waals surface area contributed by atoms with Crippen molar-refractivity contribution in [2.45, 2.75) is 38.3 Å². The topological polar surface area (TPSA) is 32.3 Å². The molecule has 3 heteroatoms. The van der Waals surface area contributed by atoms with Crippen LogP contribution in [0.25, 0.3) is 10.8 Å². The molecule has 1 heterocycles. The lowest BCUT2D eigenvalue weighted by Crippen LogP contribution is -2.44. The van der Waals surface area contributed by atoms with Gasteiger partial charge in [-0.3, -0.25) is 9.69 Å². The average molecular weight is 308 g/mol. The van der Waals surface area contributed by atoms with Gasteiger partial charge >= 0.3 is 0 Å². The lowest BCUT2D eigenvalue weighted by molar-refractivity contribution is -0.123. The Balaban J connectivity index is 1.32. The number of piperidine rings is 1. The van der Waals surface area contributed by atoms with Gasteiger partial charge in [0.05, 0.1) is 0 Å². The van der Waals surface area contributed by atoms with Crippen molar-refractivity contribution in [1.29, 1.82) is 0 Å². The van der Waals surface area contributed by atoms with E-state index in [1.165, 1.54) is 16.3 Å². The zero-order valence-corrected chi connectivity index (χ0v) is 13.5. The van der Waals surface area contributed by atoms with Crippen LogP contribution in [-0.4, -0.2) is 29.9 Å². The first-order chi connectivity index (χ1) is 11.3. The van der Waals surface area contributed by atoms with Crippen LogP contribution in [0.2, 0.25) is 0 Å². The second-order valence-electron chi connectivity index (χ2n) is 7.01. The number of hydrogen-bond donors (Lipinski definition) is 1. The molecule has 1 amide bonds. The van der Waals surface area contributed by atoms with Crippen molar-refractivity contribution in [2.75, 3.05) is 13.1 Å². The smallest absolute Gasteiger partial charge is 0.223 e. The van der Waals surface area contributed by atoms with Crippen LogP contribution in [0.1, 0.15) is 31.2 Å². The molecule has 0 radical (unpaired) electrons. The Hall–Kier alpha value is -1.87. The van der Waals surface area contributed by atoms with Gasteiger partial charge in [0.1, 0.15) is 0 Å². The van der Waals surface area contributed by atoms with E-state index >= 15 is 0 Å². The van der Waals surface area contributed by atoms with E-state index in [1.54, 1.807) is 0 Å². The number of likely N-dealkylation sites (tertiary alicyclic amines) is 1. The predicted molar refractivity (Wildman–Crippen MR) is 93.1 cm³/mol. The number of carbonyl (C=O) groups excluding carboxylic acids is 1. The highest BCUT2D eigenvalue weighted by Crippen LogP contribution is 2.29. The van der Waals surface area contributed by atoms with E-state index in [2.05, 4.69) is 52.7 Å². The number of nitrogens with zero attached hydrogens (tertiary/aromatic N) is 1. The summed E-state index contributed by atoms with van der Waals surface area (Å²) in [4.78, 5) is 14.3. The van der Waals surface area contributed by atoms with Crippen LogP contribution in [0.3, 0.4) is 0 Å². The Morgan fingerprint density at radius 1 is 1.00 bits per heavy atom. The van der Waals surface area contributed by atoms with Crippen LogP contribution in [0.4, 0.5) is 0 Å². The van der Waals surface area contributed by atoms with Crippen LogP contribution >= 0.6 is 0 Å². The van der Waals surface area contributed by atoms with Crippen molar-refractivity contribution in [2.24, 2.45) is 5.92 Å². The minimum Gasteiger partial charge on any atom is -0.353 e. The first-order valence-corrected chi connectivity index (χ1v) is 8.78. The molecular weight excluding hydrogens is 284 g/mol. The highest BCUT2D eigenvalue weighted by Gasteiger charge is 2.31. The summed E-state index contributed by atoms with van der Waals surface area (Å²) in [6, 6.07) is 15.7. The Morgan fingerprint density at radius 3 is 2.48 bits per heavy atom. The quantitative estimate of drug-likeness (QED) is 0.939. The van der Waals surface area contributed by atoms with E-state index in [1.807, 2.05) is 0 Å². The van der Waals surface area contributed by atoms with Crippen LogP contribution in [0, 0.1) is 5.92 Å². The van der Waals surface area contributed by atoms with E-state index in [0.29, 0.717) is 12.0 Å². The fourth-order valence-corrected chi connectivity index (χ4v) is 3.50. The van der Waals surface area contributed by atoms with E-state index in [4.69, 9.17) is 0 Å². The third-order valence-corrected chi connectivity index (χ3v) is 5.10. The fourth-order valence-electron chi connectivity index (χ4n) is 3.50. The molecule has 1 aliphatic heterocycles. The summed E-state index contributed by atoms with van der Waals surface area (Å²) in [5.74, 6) is 0.614. The zero-order chi connectivity index (χ0) is 15.6. The van der Waals surface area contributed by atoms with Crippen molar-refractivity contribution in [3.05, 3.63) is 48.0 Å². The summed E-state index contributed by atoms with van der Waals surface area (Å²) in [6.45, 7) is 3.15. The van der Waals surface area contributed by atoms with E-state index in [-0.39, 0.29) is 5.91 Å². The molecule has 0 bridgehead atoms. The normalized spacial score (nSPS) is 19.8. The molecule has 2 aromatic rings. The molecular formula is C20H24N2O. The molecule has 2 fully saturated rings. The highest BCUT2D eigenvalue weighted by atomic mass is 16.2. The molecule has 0 aromatic heterocycles. The Morgan fingerprint density at radius 2 is 1.74 bits per heavy atom. The number of benzene rings is 2. The number of hydrogen-bond acceptors (Lipinski definition) is 2. The van der Waals surface area contributed by atoms with Gasteiger partial charge in [-0.25, -0.2) is 0 Å². The lowest BCUT2D eigenvalue weighted by Gasteiger charge is -2.32. The van der Waals surface area contributed by atoms with Crippen molar-refractivity contribution >= 4 is 16.7 Å². The van der Waals surface area contributed by atoms with Gasteiger partial charge in [0.25, 0.3) is 0 Å². The Labute approximate surface area is 137 Å². The summed E-state index contributed by atoms with van der Waals surface area (Å²) in [7, 11) is 0. The van der Waals surface area contributed by atoms with E-state index < -0.39 is 0 Å². The molecule has 23 heavy (non-hydrogen) atoms. The van der Waals surface area contributed by atoms with Crippen LogP contribution in [-0.2, 0) is 11.3 Å². The third kappa shape index (κ3) is 3.56. The van der Waals surface area contributed by atoms with Crippen molar-refractivity contribution < 1.29 is 4.79 Å². The minimum absolute atomic E-state index is 0.290. The Bertz CT molecular complexity index is 700. The number of rotatable bonds is 4. The monoisotopic (exact) mass is 308 g/mol. The molecule has 0 spiro atoms. The molecule has 1 aliphatic carbocycles. The number of amides is 1. The Kier molecular flexibility index (Phi) is 4.04. The number of fused-ring (bicyclic) bond motifs is 1. The number of nitrogens with one attached hydrogen (secondary N) is 1. The van der Waals surface area contributed by atoms with E-state index in [0.717, 1.165) is 45.3 Å². The van der Waals surface area contributed by atoms with E-state index in [9.17, 15) is 4.79 Å². The number of carbonyl (C=O) groups is 1. The molecule has 0 unspecified atom stereocenters. The summed E-state index contributed by atoms with van der Waals surface area (Å²) >= 11 is 0. The standard InChI is InChI=1S/C20H24N2O/c23-20(17-7-8-17)21-19-9-11-22(12-10-19)14-15-5-6-16-3-1-2-4-18(16)13-15/h1-6,13,17,19H,7-12,14H2,(H,21,23). The molecule has 0 atom stereocenters. The zero-order valence-electron chi connectivity index (χ0n) is 13.5. The highest BCUT2D eigenvalue weighted by molar-refractivity contribution is 5.83. The van der Waals surface area contributed by atoms with Crippen LogP contribution in [0.15, 0.2) is 42.5 Å². The summed E-state index contributed by atoms with van der Waals surface area (Å²) in [5, 5.41) is 5.84. The fraction of sp³-hybridized carbons (Fsp3) is 0.450. The van der Waals surface area contributed by atoms with Crippen molar-refractivity contribution in [1.82, 2.24) is 10.2 Å². The summed E-state index contributed by atoms with van der Waals surface area (Å²) in [5.41, 5.74) is 1.38. The van der Waals surface area contributed by atoms with Crippen LogP contribution < -0.4 is 5.32 Å². The lowest BCUT2D eigenvalue weighted by atomic mass is 10.0. The van der Waals surface area contributed by atoms with Crippen LogP contribution in [0.5, 0.6) is 0 Å². The van der Waals surface area contributed by atoms with Gasteiger partial charge in [0.15, 0.2) is 0 Å². The second kappa shape index (κ2) is 6.32. The molecule has 1 N–H and O–H groups in total. The van der Waals surface area contributed by atoms with Crippen molar-refractivity contribution in [3.8, 4) is 0 Å². The third-order valence-electron chi connectivity index (χ3n) is 5.10. The largest absolute Gasteiger partial charge is 0.353 e. The van der Waals surface area contributed by atoms with Gasteiger partial charge in [-0.2, -0.15) is 0 Å². The molecule has 1 saturated heterocycles. The van der Waals surface area contributed by atoms with Crippen molar-refractivity contribution in [3.63, 3.8) is 0 Å². The van der Waals surface area contributed by atoms with Gasteiger partial charge in [-0.05, 0) is 48.1 Å². The molecule has 2 aromatic carbocycles. The van der Waals surface area contributed by atoms with Gasteiger partial charge < -0.3 is 5.32 Å². The van der Waals surface area contributed by atoms with Gasteiger partial charge in [-0.15, -0.1) is 0 Å². The molecule has 4 rings (SSSR count). The van der Waals surface area contributed by atoms with Gasteiger partial charge in [0.2, 0.25) is 5.91 Å². The summed E-state index contributed by atoms with van der Waals surface area (Å²) in [6.07, 6.45) is 4.33. The first kappa shape index (κ1) is 14.7. The maximum absolute atomic E-state index is 11.8. The van der Waals surface area contributed by atoms with Gasteiger partial charge in [0, 0.05) is 31.6 Å². The predicted octanol–water partition coefficient (Wildman–Crippen LogP) is 3.33. The maximum Gasteiger partial charge on any atom is 0.223 e. The summed E-state index contributed by atoms with van der Waals surface area (Å²) < 4.78 is 0. The SMILES string of the molecule is O=C(NC1CCN(Cc2ccc3ccccc3c2)CC1)C1CC1. The first-order valence-electron chi connectivity index (χ1n) is 8.78. The molecule has 120 valence electrons.